The third-order valence-corrected chi connectivity index (χ3v) is 3.30. The fraction of sp³-hybridized carbons (Fsp3) is 0.818. The Morgan fingerprint density at radius 3 is 2.47 bits per heavy atom. The first-order valence-electron chi connectivity index (χ1n) is 5.72. The number of esters is 2. The summed E-state index contributed by atoms with van der Waals surface area (Å²) in [6, 6.07) is -0.329. The van der Waals surface area contributed by atoms with Crippen molar-refractivity contribution in [2.75, 3.05) is 13.7 Å². The molecule has 1 aliphatic heterocycles. The van der Waals surface area contributed by atoms with Crippen LogP contribution in [0.3, 0.4) is 0 Å². The molecule has 1 heterocycles. The molecule has 0 amide bonds. The van der Waals surface area contributed by atoms with Gasteiger partial charge in [-0.2, -0.15) is 0 Å². The van der Waals surface area contributed by atoms with E-state index in [0.29, 0.717) is 13.0 Å². The van der Waals surface area contributed by atoms with Gasteiger partial charge in [0.2, 0.25) is 0 Å². The average Bonchev–Trinajstić information content (AvgIpc) is 2.62. The molecule has 0 aromatic carbocycles. The summed E-state index contributed by atoms with van der Waals surface area (Å²) in [4.78, 5) is 22.8. The van der Waals surface area contributed by atoms with Gasteiger partial charge in [-0.15, -0.1) is 12.4 Å². The van der Waals surface area contributed by atoms with Gasteiger partial charge in [0.1, 0.15) is 12.1 Å². The van der Waals surface area contributed by atoms with E-state index >= 15 is 0 Å². The van der Waals surface area contributed by atoms with E-state index in [1.54, 1.807) is 0 Å². The van der Waals surface area contributed by atoms with Gasteiger partial charge in [-0.05, 0) is 12.8 Å². The second kappa shape index (κ2) is 6.21. The van der Waals surface area contributed by atoms with Crippen molar-refractivity contribution < 1.29 is 19.1 Å². The summed E-state index contributed by atoms with van der Waals surface area (Å²) < 4.78 is 9.96. The van der Waals surface area contributed by atoms with E-state index in [2.05, 4.69) is 10.1 Å². The van der Waals surface area contributed by atoms with Gasteiger partial charge in [-0.3, -0.25) is 9.59 Å². The second-order valence-corrected chi connectivity index (χ2v) is 4.41. The number of hydrogen-bond donors (Lipinski definition) is 1. The van der Waals surface area contributed by atoms with Crippen LogP contribution in [0.25, 0.3) is 0 Å². The summed E-state index contributed by atoms with van der Waals surface area (Å²) in [5.41, 5.74) is 0. The van der Waals surface area contributed by atoms with Gasteiger partial charge in [-0.1, -0.05) is 6.42 Å². The predicted molar refractivity (Wildman–Crippen MR) is 62.9 cm³/mol. The number of nitrogens with one attached hydrogen (secondary N) is 1. The highest BCUT2D eigenvalue weighted by molar-refractivity contribution is 5.85. The molecular weight excluding hydrogens is 246 g/mol. The Kier molecular flexibility index (Phi) is 5.21. The molecule has 1 aliphatic carbocycles. The van der Waals surface area contributed by atoms with E-state index in [9.17, 15) is 9.59 Å². The Balaban J connectivity index is 0.00000144. The molecule has 2 aliphatic rings. The highest BCUT2D eigenvalue weighted by atomic mass is 35.5. The SMILES string of the molecule is COC(=O)C1CC(OC(=O)C2CCC2)CN1.Cl. The minimum Gasteiger partial charge on any atom is -0.468 e. The van der Waals surface area contributed by atoms with E-state index in [-0.39, 0.29) is 42.4 Å². The first kappa shape index (κ1) is 14.3. The third kappa shape index (κ3) is 3.33. The van der Waals surface area contributed by atoms with Crippen molar-refractivity contribution in [3.8, 4) is 0 Å². The maximum Gasteiger partial charge on any atom is 0.323 e. The van der Waals surface area contributed by atoms with Crippen LogP contribution < -0.4 is 5.32 Å². The van der Waals surface area contributed by atoms with Gasteiger partial charge in [-0.25, -0.2) is 0 Å². The Labute approximate surface area is 107 Å². The first-order valence-corrected chi connectivity index (χ1v) is 5.72. The molecule has 2 fully saturated rings. The Bertz CT molecular complexity index is 293. The third-order valence-electron chi connectivity index (χ3n) is 3.30. The lowest BCUT2D eigenvalue weighted by Crippen LogP contribution is -2.31. The van der Waals surface area contributed by atoms with E-state index in [1.165, 1.54) is 7.11 Å². The zero-order chi connectivity index (χ0) is 11.5. The van der Waals surface area contributed by atoms with Crippen LogP contribution in [0.15, 0.2) is 0 Å². The summed E-state index contributed by atoms with van der Waals surface area (Å²) in [7, 11) is 1.36. The van der Waals surface area contributed by atoms with Crippen molar-refractivity contribution in [2.45, 2.75) is 37.8 Å². The minimum atomic E-state index is -0.329. The van der Waals surface area contributed by atoms with Crippen molar-refractivity contribution in [3.05, 3.63) is 0 Å². The maximum atomic E-state index is 11.6. The number of methoxy groups -OCH3 is 1. The lowest BCUT2D eigenvalue weighted by atomic mass is 9.86. The smallest absolute Gasteiger partial charge is 0.323 e. The van der Waals surface area contributed by atoms with Crippen LogP contribution in [0.5, 0.6) is 0 Å². The van der Waals surface area contributed by atoms with E-state index in [0.717, 1.165) is 19.3 Å². The van der Waals surface area contributed by atoms with Crippen molar-refractivity contribution in [3.63, 3.8) is 0 Å². The molecule has 1 saturated heterocycles. The predicted octanol–water partition coefficient (Wildman–Crippen LogP) is 0.655. The Morgan fingerprint density at radius 1 is 1.24 bits per heavy atom. The lowest BCUT2D eigenvalue weighted by Gasteiger charge is -2.24. The number of carbonyl (C=O) groups is 2. The van der Waals surface area contributed by atoms with Gasteiger partial charge in [0.25, 0.3) is 0 Å². The fourth-order valence-electron chi connectivity index (χ4n) is 2.02. The number of rotatable bonds is 3. The molecule has 17 heavy (non-hydrogen) atoms. The molecule has 98 valence electrons. The van der Waals surface area contributed by atoms with Gasteiger partial charge < -0.3 is 14.8 Å². The summed E-state index contributed by atoms with van der Waals surface area (Å²) >= 11 is 0. The first-order chi connectivity index (χ1) is 7.70. The Hall–Kier alpha value is -0.810. The van der Waals surface area contributed by atoms with Crippen molar-refractivity contribution >= 4 is 24.3 Å². The van der Waals surface area contributed by atoms with Crippen molar-refractivity contribution in [1.82, 2.24) is 5.32 Å². The van der Waals surface area contributed by atoms with Crippen LogP contribution in [0.1, 0.15) is 25.7 Å². The van der Waals surface area contributed by atoms with E-state index < -0.39 is 0 Å². The van der Waals surface area contributed by atoms with Gasteiger partial charge in [0, 0.05) is 13.0 Å². The zero-order valence-electron chi connectivity index (χ0n) is 9.81. The molecule has 6 heteroatoms. The molecule has 0 radical (unpaired) electrons. The van der Waals surface area contributed by atoms with Gasteiger partial charge in [0.15, 0.2) is 0 Å². The average molecular weight is 264 g/mol. The fourth-order valence-corrected chi connectivity index (χ4v) is 2.02. The molecule has 2 unspecified atom stereocenters. The number of hydrogen-bond acceptors (Lipinski definition) is 5. The molecule has 0 spiro atoms. The molecule has 1 saturated carbocycles. The zero-order valence-corrected chi connectivity index (χ0v) is 10.6. The molecule has 1 N–H and O–H groups in total. The van der Waals surface area contributed by atoms with Crippen LogP contribution in [0, 0.1) is 5.92 Å². The van der Waals surface area contributed by atoms with Crippen LogP contribution in [0.4, 0.5) is 0 Å². The standard InChI is InChI=1S/C11H17NO4.ClH/c1-15-11(14)9-5-8(6-12-9)16-10(13)7-3-2-4-7;/h7-9,12H,2-6H2,1H3;1H. The van der Waals surface area contributed by atoms with Crippen LogP contribution in [-0.4, -0.2) is 37.7 Å². The second-order valence-electron chi connectivity index (χ2n) is 4.41. The number of halogens is 1. The molecule has 0 bridgehead atoms. The quantitative estimate of drug-likeness (QED) is 0.758. The normalized spacial score (nSPS) is 27.8. The highest BCUT2D eigenvalue weighted by Gasteiger charge is 2.35. The highest BCUT2D eigenvalue weighted by Crippen LogP contribution is 2.28. The van der Waals surface area contributed by atoms with E-state index in [4.69, 9.17) is 4.74 Å². The molecular formula is C11H18ClNO4. The number of ether oxygens (including phenoxy) is 2. The molecule has 0 aromatic heterocycles. The number of carbonyl (C=O) groups excluding carboxylic acids is 2. The summed E-state index contributed by atoms with van der Waals surface area (Å²) in [6.45, 7) is 0.540. The summed E-state index contributed by atoms with van der Waals surface area (Å²) in [6.07, 6.45) is 3.34. The summed E-state index contributed by atoms with van der Waals surface area (Å²) in [5.74, 6) is -0.303. The maximum absolute atomic E-state index is 11.6. The van der Waals surface area contributed by atoms with Gasteiger partial charge >= 0.3 is 11.9 Å². The van der Waals surface area contributed by atoms with Crippen molar-refractivity contribution in [2.24, 2.45) is 5.92 Å². The minimum absolute atomic E-state index is 0. The van der Waals surface area contributed by atoms with Crippen LogP contribution in [0.2, 0.25) is 0 Å². The topological polar surface area (TPSA) is 64.6 Å². The molecule has 0 aromatic rings. The molecule has 2 rings (SSSR count). The van der Waals surface area contributed by atoms with Gasteiger partial charge in [0.05, 0.1) is 13.0 Å². The molecule has 5 nitrogen and oxygen atoms in total. The lowest BCUT2D eigenvalue weighted by molar-refractivity contribution is -0.156. The Morgan fingerprint density at radius 2 is 1.94 bits per heavy atom. The van der Waals surface area contributed by atoms with Crippen LogP contribution in [-0.2, 0) is 19.1 Å². The summed E-state index contributed by atoms with van der Waals surface area (Å²) in [5, 5.41) is 2.99. The largest absolute Gasteiger partial charge is 0.468 e. The van der Waals surface area contributed by atoms with Crippen LogP contribution >= 0.6 is 12.4 Å². The van der Waals surface area contributed by atoms with E-state index in [1.807, 2.05) is 0 Å². The molecule has 2 atom stereocenters. The monoisotopic (exact) mass is 263 g/mol. The van der Waals surface area contributed by atoms with Crippen molar-refractivity contribution in [1.29, 1.82) is 0 Å².